The highest BCUT2D eigenvalue weighted by atomic mass is 31.1. The minimum atomic E-state index is -3.29. The molecule has 2 rings (SSSR count). The molecule has 0 radical (unpaired) electrons. The predicted octanol–water partition coefficient (Wildman–Crippen LogP) is 0.988. The van der Waals surface area contributed by atoms with E-state index in [-0.39, 0.29) is 19.4 Å². The highest BCUT2D eigenvalue weighted by Gasteiger charge is 2.34. The normalized spacial score (nSPS) is 15.2. The van der Waals surface area contributed by atoms with Crippen LogP contribution in [0.1, 0.15) is 33.6 Å². The highest BCUT2D eigenvalue weighted by Crippen LogP contribution is 2.23. The molecule has 1 unspecified atom stereocenters. The van der Waals surface area contributed by atoms with Crippen LogP contribution in [-0.2, 0) is 13.9 Å². The third-order valence-electron chi connectivity index (χ3n) is 2.84. The molecule has 1 aliphatic heterocycles. The van der Waals surface area contributed by atoms with Crippen molar-refractivity contribution < 1.29 is 28.4 Å². The van der Waals surface area contributed by atoms with Crippen molar-refractivity contribution in [1.29, 1.82) is 0 Å². The van der Waals surface area contributed by atoms with Crippen LogP contribution >= 0.6 is 8.25 Å². The molecule has 1 aliphatic rings. The number of hydrogen-bond acceptors (Lipinski definition) is 5. The lowest BCUT2D eigenvalue weighted by Gasteiger charge is -2.12. The van der Waals surface area contributed by atoms with Gasteiger partial charge in [-0.25, -0.2) is 4.57 Å². The van der Waals surface area contributed by atoms with Gasteiger partial charge in [0.15, 0.2) is 0 Å². The second-order valence-electron chi connectivity index (χ2n) is 4.15. The Labute approximate surface area is 115 Å². The van der Waals surface area contributed by atoms with Crippen LogP contribution in [0.5, 0.6) is 0 Å². The van der Waals surface area contributed by atoms with Crippen molar-refractivity contribution in [2.75, 3.05) is 6.54 Å². The third kappa shape index (κ3) is 2.95. The van der Waals surface area contributed by atoms with E-state index >= 15 is 0 Å². The lowest BCUT2D eigenvalue weighted by molar-refractivity contribution is -0.134. The number of carbonyl (C=O) groups is 3. The van der Waals surface area contributed by atoms with E-state index in [0.717, 1.165) is 4.90 Å². The minimum absolute atomic E-state index is 0.0633. The molecule has 0 fully saturated rings. The van der Waals surface area contributed by atoms with E-state index in [2.05, 4.69) is 4.52 Å². The molecular formula is C12H12NO6P. The first-order valence-electron chi connectivity index (χ1n) is 5.89. The number of amides is 2. The number of hydrogen-bond donors (Lipinski definition) is 1. The maximum atomic E-state index is 12.0. The van der Waals surface area contributed by atoms with Crippen LogP contribution in [0.15, 0.2) is 24.3 Å². The quantitative estimate of drug-likeness (QED) is 0.642. The second-order valence-corrected chi connectivity index (χ2v) is 4.89. The summed E-state index contributed by atoms with van der Waals surface area (Å²) in [7, 11) is -3.29. The Balaban J connectivity index is 1.93. The fourth-order valence-electron chi connectivity index (χ4n) is 1.97. The molecule has 0 spiro atoms. The lowest BCUT2D eigenvalue weighted by Crippen LogP contribution is -2.31. The summed E-state index contributed by atoms with van der Waals surface area (Å²) < 4.78 is 14.4. The Morgan fingerprint density at radius 3 is 2.25 bits per heavy atom. The van der Waals surface area contributed by atoms with Crippen molar-refractivity contribution in [2.45, 2.75) is 12.8 Å². The van der Waals surface area contributed by atoms with Crippen LogP contribution in [0.3, 0.4) is 0 Å². The van der Waals surface area contributed by atoms with Gasteiger partial charge in [-0.1, -0.05) is 12.1 Å². The average molecular weight is 297 g/mol. The molecule has 0 aliphatic carbocycles. The van der Waals surface area contributed by atoms with Crippen LogP contribution in [0.25, 0.3) is 0 Å². The summed E-state index contributed by atoms with van der Waals surface area (Å²) in [6.07, 6.45) is 0.0455. The summed E-state index contributed by atoms with van der Waals surface area (Å²) in [4.78, 5) is 44.5. The van der Waals surface area contributed by atoms with Gasteiger partial charge in [0.25, 0.3) is 11.8 Å². The van der Waals surface area contributed by atoms with Crippen molar-refractivity contribution in [3.05, 3.63) is 35.4 Å². The molecule has 8 heteroatoms. The molecule has 7 nitrogen and oxygen atoms in total. The van der Waals surface area contributed by atoms with E-state index in [4.69, 9.17) is 4.89 Å². The fourth-order valence-corrected chi connectivity index (χ4v) is 2.27. The van der Waals surface area contributed by atoms with Crippen LogP contribution in [0.4, 0.5) is 0 Å². The van der Waals surface area contributed by atoms with E-state index in [1.54, 1.807) is 24.3 Å². The fraction of sp³-hybridized carbons (Fsp3) is 0.250. The van der Waals surface area contributed by atoms with Crippen LogP contribution in [0, 0.1) is 0 Å². The summed E-state index contributed by atoms with van der Waals surface area (Å²) in [6.45, 7) is 0.0633. The minimum Gasteiger partial charge on any atom is -0.394 e. The molecule has 20 heavy (non-hydrogen) atoms. The molecule has 2 amide bonds. The van der Waals surface area contributed by atoms with E-state index in [1.165, 1.54) is 0 Å². The number of nitrogens with zero attached hydrogens (tertiary/aromatic N) is 1. The van der Waals surface area contributed by atoms with Crippen LogP contribution in [-0.4, -0.2) is 34.1 Å². The maximum absolute atomic E-state index is 12.0. The van der Waals surface area contributed by atoms with Gasteiger partial charge in [0.05, 0.1) is 11.1 Å². The van der Waals surface area contributed by atoms with Gasteiger partial charge < -0.3 is 9.42 Å². The van der Waals surface area contributed by atoms with Crippen LogP contribution in [0.2, 0.25) is 0 Å². The van der Waals surface area contributed by atoms with Crippen molar-refractivity contribution in [3.8, 4) is 0 Å². The molecule has 0 bridgehead atoms. The number of benzene rings is 1. The smallest absolute Gasteiger partial charge is 0.367 e. The monoisotopic (exact) mass is 297 g/mol. The van der Waals surface area contributed by atoms with E-state index in [1.807, 2.05) is 0 Å². The predicted molar refractivity (Wildman–Crippen MR) is 68.4 cm³/mol. The van der Waals surface area contributed by atoms with Gasteiger partial charge in [0, 0.05) is 13.0 Å². The van der Waals surface area contributed by atoms with Gasteiger partial charge in [-0.05, 0) is 18.6 Å². The Morgan fingerprint density at radius 1 is 1.20 bits per heavy atom. The molecular weight excluding hydrogens is 285 g/mol. The van der Waals surface area contributed by atoms with Gasteiger partial charge in [0.2, 0.25) is 0 Å². The standard InChI is InChI=1S/C12H12NO6P/c14-10(19-20(17)18)6-3-7-13-11(15)8-4-1-2-5-9(8)12(13)16/h1-2,4-5,20H,3,6-7H2,(H,17,18). The zero-order valence-electron chi connectivity index (χ0n) is 10.4. The van der Waals surface area contributed by atoms with Crippen molar-refractivity contribution in [2.24, 2.45) is 0 Å². The molecule has 1 aromatic rings. The first kappa shape index (κ1) is 14.4. The van der Waals surface area contributed by atoms with E-state index in [0.29, 0.717) is 11.1 Å². The van der Waals surface area contributed by atoms with Crippen LogP contribution < -0.4 is 0 Å². The molecule has 1 atom stereocenters. The summed E-state index contributed by atoms with van der Waals surface area (Å²) in [5.41, 5.74) is 0.695. The Hall–Kier alpha value is -1.98. The van der Waals surface area contributed by atoms with Gasteiger partial charge in [-0.3, -0.25) is 19.3 Å². The van der Waals surface area contributed by atoms with Crippen molar-refractivity contribution in [3.63, 3.8) is 0 Å². The molecule has 0 aromatic heterocycles. The molecule has 1 heterocycles. The first-order chi connectivity index (χ1) is 9.50. The molecule has 106 valence electrons. The Bertz CT molecular complexity index is 564. The first-order valence-corrected chi connectivity index (χ1v) is 7.16. The van der Waals surface area contributed by atoms with Crippen molar-refractivity contribution in [1.82, 2.24) is 4.90 Å². The summed E-state index contributed by atoms with van der Waals surface area (Å²) in [5.74, 6) is -1.61. The third-order valence-corrected chi connectivity index (χ3v) is 3.24. The number of rotatable bonds is 5. The molecule has 1 aromatic carbocycles. The summed E-state index contributed by atoms with van der Waals surface area (Å²) in [5, 5.41) is 0. The zero-order chi connectivity index (χ0) is 14.7. The largest absolute Gasteiger partial charge is 0.394 e. The van der Waals surface area contributed by atoms with E-state index < -0.39 is 26.0 Å². The van der Waals surface area contributed by atoms with E-state index in [9.17, 15) is 18.9 Å². The number of fused-ring (bicyclic) bond motifs is 1. The lowest BCUT2D eigenvalue weighted by atomic mass is 10.1. The molecule has 0 saturated carbocycles. The zero-order valence-corrected chi connectivity index (χ0v) is 11.4. The number of carbonyl (C=O) groups excluding carboxylic acids is 3. The topological polar surface area (TPSA) is 101 Å². The van der Waals surface area contributed by atoms with Gasteiger partial charge in [0.1, 0.15) is 0 Å². The van der Waals surface area contributed by atoms with Gasteiger partial charge in [-0.15, -0.1) is 0 Å². The highest BCUT2D eigenvalue weighted by molar-refractivity contribution is 7.32. The van der Waals surface area contributed by atoms with Gasteiger partial charge in [-0.2, -0.15) is 0 Å². The summed E-state index contributed by atoms with van der Waals surface area (Å²) in [6, 6.07) is 6.48. The Kier molecular flexibility index (Phi) is 4.32. The molecule has 1 N–H and O–H groups in total. The SMILES string of the molecule is O=C(CCCN1C(=O)c2ccccc2C1=O)O[PH](=O)O. The van der Waals surface area contributed by atoms with Crippen molar-refractivity contribution >= 4 is 26.0 Å². The number of imide groups is 1. The molecule has 0 saturated heterocycles. The second kappa shape index (κ2) is 5.98. The van der Waals surface area contributed by atoms with Gasteiger partial charge >= 0.3 is 14.2 Å². The summed E-state index contributed by atoms with van der Waals surface area (Å²) >= 11 is 0. The maximum Gasteiger partial charge on any atom is 0.367 e. The Morgan fingerprint density at radius 2 is 1.75 bits per heavy atom. The average Bonchev–Trinajstić information content (AvgIpc) is 2.63.